The van der Waals surface area contributed by atoms with Gasteiger partial charge in [0.1, 0.15) is 5.69 Å². The minimum atomic E-state index is -0.785. The third-order valence-electron chi connectivity index (χ3n) is 3.09. The number of ether oxygens (including phenoxy) is 3. The summed E-state index contributed by atoms with van der Waals surface area (Å²) in [6.07, 6.45) is 0. The SMILES string of the molecule is CCOC(=O)c1n[nH]nc1-c1ccc(OC(C)=O)c(OCC)c1[N+](=O)[O-]. The molecule has 0 radical (unpaired) electrons. The highest BCUT2D eigenvalue weighted by Gasteiger charge is 2.31. The van der Waals surface area contributed by atoms with E-state index in [1.54, 1.807) is 13.8 Å². The third-order valence-corrected chi connectivity index (χ3v) is 3.09. The van der Waals surface area contributed by atoms with Gasteiger partial charge < -0.3 is 14.2 Å². The lowest BCUT2D eigenvalue weighted by molar-refractivity contribution is -0.385. The van der Waals surface area contributed by atoms with E-state index in [1.165, 1.54) is 12.1 Å². The smallest absolute Gasteiger partial charge is 0.361 e. The summed E-state index contributed by atoms with van der Waals surface area (Å²) in [7, 11) is 0. The summed E-state index contributed by atoms with van der Waals surface area (Å²) in [6.45, 7) is 4.58. The number of benzene rings is 1. The van der Waals surface area contributed by atoms with Crippen LogP contribution in [-0.4, -0.2) is 45.5 Å². The number of esters is 2. The Labute approximate surface area is 147 Å². The van der Waals surface area contributed by atoms with Crippen LogP contribution in [0.1, 0.15) is 31.3 Å². The van der Waals surface area contributed by atoms with Crippen LogP contribution < -0.4 is 9.47 Å². The number of hydrogen-bond acceptors (Lipinski definition) is 9. The fourth-order valence-corrected chi connectivity index (χ4v) is 2.20. The Bertz CT molecular complexity index is 847. The monoisotopic (exact) mass is 364 g/mol. The van der Waals surface area contributed by atoms with Crippen LogP contribution in [0.5, 0.6) is 11.5 Å². The molecule has 2 aromatic rings. The Kier molecular flexibility index (Phi) is 5.83. The van der Waals surface area contributed by atoms with Crippen LogP contribution in [0.15, 0.2) is 12.1 Å². The fraction of sp³-hybridized carbons (Fsp3) is 0.333. The number of rotatable bonds is 7. The molecule has 11 heteroatoms. The maximum absolute atomic E-state index is 12.0. The lowest BCUT2D eigenvalue weighted by atomic mass is 10.1. The number of aromatic amines is 1. The summed E-state index contributed by atoms with van der Waals surface area (Å²) < 4.78 is 15.2. The van der Waals surface area contributed by atoms with Crippen molar-refractivity contribution < 1.29 is 28.7 Å². The first-order valence-electron chi connectivity index (χ1n) is 7.61. The van der Waals surface area contributed by atoms with E-state index >= 15 is 0 Å². The molecule has 0 spiro atoms. The van der Waals surface area contributed by atoms with Gasteiger partial charge >= 0.3 is 17.6 Å². The lowest BCUT2D eigenvalue weighted by Gasteiger charge is -2.12. The van der Waals surface area contributed by atoms with Gasteiger partial charge in [0, 0.05) is 6.92 Å². The molecule has 0 aliphatic carbocycles. The van der Waals surface area contributed by atoms with Crippen LogP contribution in [-0.2, 0) is 9.53 Å². The van der Waals surface area contributed by atoms with E-state index in [9.17, 15) is 19.7 Å². The predicted octanol–water partition coefficient (Wildman–Crippen LogP) is 1.88. The van der Waals surface area contributed by atoms with Gasteiger partial charge in [-0.1, -0.05) is 0 Å². The molecule has 0 bridgehead atoms. The third kappa shape index (κ3) is 3.77. The molecular weight excluding hydrogens is 348 g/mol. The number of nitro groups is 1. The van der Waals surface area contributed by atoms with Gasteiger partial charge in [0.15, 0.2) is 11.4 Å². The molecule has 1 aromatic carbocycles. The standard InChI is InChI=1S/C15H16N4O7/c1-4-24-14-10(26-8(3)20)7-6-9(13(14)19(22)23)11-12(17-18-16-11)15(21)25-5-2/h6-7H,4-5H2,1-3H3,(H,16,17,18). The normalized spacial score (nSPS) is 10.3. The number of nitro benzene ring substituents is 1. The molecule has 0 atom stereocenters. The van der Waals surface area contributed by atoms with Crippen molar-refractivity contribution in [3.63, 3.8) is 0 Å². The minimum absolute atomic E-state index is 0.0360. The Hall–Kier alpha value is -3.50. The van der Waals surface area contributed by atoms with Crippen LogP contribution in [0.4, 0.5) is 5.69 Å². The quantitative estimate of drug-likeness (QED) is 0.336. The molecule has 0 aliphatic rings. The first-order valence-corrected chi connectivity index (χ1v) is 7.61. The van der Waals surface area contributed by atoms with Crippen molar-refractivity contribution in [2.24, 2.45) is 0 Å². The summed E-state index contributed by atoms with van der Waals surface area (Å²) in [6, 6.07) is 2.61. The molecule has 0 fully saturated rings. The summed E-state index contributed by atoms with van der Waals surface area (Å²) in [4.78, 5) is 34.2. The second-order valence-electron chi connectivity index (χ2n) is 4.81. The number of nitrogens with zero attached hydrogens (tertiary/aromatic N) is 3. The first kappa shape index (κ1) is 18.8. The number of nitrogens with one attached hydrogen (secondary N) is 1. The van der Waals surface area contributed by atoms with Crippen LogP contribution >= 0.6 is 0 Å². The van der Waals surface area contributed by atoms with Gasteiger partial charge in [0.2, 0.25) is 5.75 Å². The topological polar surface area (TPSA) is 147 Å². The van der Waals surface area contributed by atoms with Crippen molar-refractivity contribution in [1.29, 1.82) is 0 Å². The van der Waals surface area contributed by atoms with Crippen LogP contribution in [0, 0.1) is 10.1 Å². The van der Waals surface area contributed by atoms with E-state index in [2.05, 4.69) is 15.4 Å². The second-order valence-corrected chi connectivity index (χ2v) is 4.81. The van der Waals surface area contributed by atoms with Crippen molar-refractivity contribution in [3.05, 3.63) is 27.9 Å². The van der Waals surface area contributed by atoms with E-state index in [0.29, 0.717) is 0 Å². The Morgan fingerprint density at radius 2 is 1.96 bits per heavy atom. The molecular formula is C15H16N4O7. The summed E-state index contributed by atoms with van der Waals surface area (Å²) in [5.74, 6) is -1.81. The van der Waals surface area contributed by atoms with Gasteiger partial charge in [-0.3, -0.25) is 14.9 Å². The lowest BCUT2D eigenvalue weighted by Crippen LogP contribution is -2.09. The molecule has 1 N–H and O–H groups in total. The maximum Gasteiger partial charge on any atom is 0.361 e. The molecule has 1 heterocycles. The van der Waals surface area contributed by atoms with E-state index in [0.717, 1.165) is 6.92 Å². The molecule has 2 rings (SSSR count). The van der Waals surface area contributed by atoms with Crippen LogP contribution in [0.2, 0.25) is 0 Å². The van der Waals surface area contributed by atoms with Crippen molar-refractivity contribution in [1.82, 2.24) is 15.4 Å². The minimum Gasteiger partial charge on any atom is -0.485 e. The number of hydrogen-bond donors (Lipinski definition) is 1. The number of H-pyrrole nitrogens is 1. The van der Waals surface area contributed by atoms with Gasteiger partial charge in [-0.2, -0.15) is 10.3 Å². The molecule has 138 valence electrons. The summed E-state index contributed by atoms with van der Waals surface area (Å²) in [5.41, 5.74) is -0.834. The zero-order valence-corrected chi connectivity index (χ0v) is 14.3. The van der Waals surface area contributed by atoms with E-state index in [-0.39, 0.29) is 41.7 Å². The Morgan fingerprint density at radius 3 is 2.54 bits per heavy atom. The number of carbonyl (C=O) groups is 2. The van der Waals surface area contributed by atoms with Gasteiger partial charge in [-0.15, -0.1) is 5.10 Å². The van der Waals surface area contributed by atoms with E-state index in [4.69, 9.17) is 14.2 Å². The number of carbonyl (C=O) groups excluding carboxylic acids is 2. The average molecular weight is 364 g/mol. The predicted molar refractivity (Wildman–Crippen MR) is 86.9 cm³/mol. The molecule has 0 saturated carbocycles. The zero-order valence-electron chi connectivity index (χ0n) is 14.3. The molecule has 0 amide bonds. The molecule has 0 saturated heterocycles. The Balaban J connectivity index is 2.69. The van der Waals surface area contributed by atoms with Crippen molar-refractivity contribution >= 4 is 17.6 Å². The van der Waals surface area contributed by atoms with Gasteiger partial charge in [-0.05, 0) is 26.0 Å². The van der Waals surface area contributed by atoms with E-state index in [1.807, 2.05) is 0 Å². The fourth-order valence-electron chi connectivity index (χ4n) is 2.20. The van der Waals surface area contributed by atoms with E-state index < -0.39 is 22.5 Å². The maximum atomic E-state index is 12.0. The summed E-state index contributed by atoms with van der Waals surface area (Å²) in [5, 5.41) is 21.4. The van der Waals surface area contributed by atoms with Crippen LogP contribution in [0.3, 0.4) is 0 Å². The van der Waals surface area contributed by atoms with Crippen molar-refractivity contribution in [2.45, 2.75) is 20.8 Å². The van der Waals surface area contributed by atoms with Gasteiger partial charge in [0.05, 0.1) is 23.7 Å². The Morgan fingerprint density at radius 1 is 1.23 bits per heavy atom. The van der Waals surface area contributed by atoms with Gasteiger partial charge in [-0.25, -0.2) is 4.79 Å². The number of aromatic nitrogens is 3. The molecule has 0 unspecified atom stereocenters. The second kappa shape index (κ2) is 8.05. The highest BCUT2D eigenvalue weighted by Crippen LogP contribution is 2.44. The average Bonchev–Trinajstić information content (AvgIpc) is 3.05. The molecule has 26 heavy (non-hydrogen) atoms. The summed E-state index contributed by atoms with van der Waals surface area (Å²) >= 11 is 0. The first-order chi connectivity index (χ1) is 12.4. The zero-order chi connectivity index (χ0) is 19.3. The van der Waals surface area contributed by atoms with Crippen LogP contribution in [0.25, 0.3) is 11.3 Å². The molecule has 1 aromatic heterocycles. The highest BCUT2D eigenvalue weighted by molar-refractivity contribution is 5.96. The molecule has 11 nitrogen and oxygen atoms in total. The van der Waals surface area contributed by atoms with Crippen molar-refractivity contribution in [3.8, 4) is 22.8 Å². The highest BCUT2D eigenvalue weighted by atomic mass is 16.6. The van der Waals surface area contributed by atoms with Gasteiger partial charge in [0.25, 0.3) is 0 Å². The largest absolute Gasteiger partial charge is 0.485 e. The van der Waals surface area contributed by atoms with Crippen molar-refractivity contribution in [2.75, 3.05) is 13.2 Å². The molecule has 0 aliphatic heterocycles.